The van der Waals surface area contributed by atoms with Crippen LogP contribution >= 0.6 is 0 Å². The molecule has 2 aliphatic rings. The Bertz CT molecular complexity index is 1160. The number of hydrogen-bond donors (Lipinski definition) is 0. The Labute approximate surface area is 186 Å². The number of methoxy groups -OCH3 is 2. The summed E-state index contributed by atoms with van der Waals surface area (Å²) in [6, 6.07) is 8.08. The highest BCUT2D eigenvalue weighted by atomic mass is 16.5. The normalized spacial score (nSPS) is 17.2. The van der Waals surface area contributed by atoms with Crippen LogP contribution in [0.25, 0.3) is 10.9 Å². The Morgan fingerprint density at radius 3 is 2.50 bits per heavy atom. The topological polar surface area (TPSA) is 100 Å². The minimum absolute atomic E-state index is 0.144. The van der Waals surface area contributed by atoms with Crippen molar-refractivity contribution in [3.63, 3.8) is 0 Å². The third-order valence-electron chi connectivity index (χ3n) is 6.28. The van der Waals surface area contributed by atoms with E-state index >= 15 is 0 Å². The predicted molar refractivity (Wildman–Crippen MR) is 120 cm³/mol. The summed E-state index contributed by atoms with van der Waals surface area (Å²) in [5.41, 5.74) is 1.83. The highest BCUT2D eigenvalue weighted by Gasteiger charge is 2.35. The first-order valence-corrected chi connectivity index (χ1v) is 10.8. The molecule has 0 atom stereocenters. The van der Waals surface area contributed by atoms with Gasteiger partial charge in [-0.15, -0.1) is 0 Å². The number of anilines is 2. The molecule has 2 aromatic heterocycles. The lowest BCUT2D eigenvalue weighted by molar-refractivity contribution is 0.398. The zero-order valence-corrected chi connectivity index (χ0v) is 18.2. The van der Waals surface area contributed by atoms with Gasteiger partial charge in [0.05, 0.1) is 36.9 Å². The smallest absolute Gasteiger partial charge is 0.229 e. The van der Waals surface area contributed by atoms with E-state index in [0.717, 1.165) is 67.2 Å². The van der Waals surface area contributed by atoms with E-state index in [1.807, 2.05) is 18.2 Å². The molecule has 0 saturated carbocycles. The highest BCUT2D eigenvalue weighted by Crippen LogP contribution is 2.36. The summed E-state index contributed by atoms with van der Waals surface area (Å²) in [6.45, 7) is 3.22. The second-order valence-corrected chi connectivity index (χ2v) is 8.17. The second kappa shape index (κ2) is 8.46. The minimum atomic E-state index is 0.144. The predicted octanol–water partition coefficient (Wildman–Crippen LogP) is 2.78. The summed E-state index contributed by atoms with van der Waals surface area (Å²) in [5.74, 6) is 3.27. The van der Waals surface area contributed by atoms with Crippen molar-refractivity contribution in [3.05, 3.63) is 36.3 Å². The largest absolute Gasteiger partial charge is 0.497 e. The van der Waals surface area contributed by atoms with E-state index in [2.05, 4.69) is 30.8 Å². The number of aromatic nitrogens is 4. The zero-order valence-electron chi connectivity index (χ0n) is 18.2. The van der Waals surface area contributed by atoms with Gasteiger partial charge in [-0.25, -0.2) is 9.97 Å². The van der Waals surface area contributed by atoms with Crippen molar-refractivity contribution in [2.45, 2.75) is 18.8 Å². The maximum Gasteiger partial charge on any atom is 0.229 e. The number of benzene rings is 1. The number of piperidine rings is 1. The summed E-state index contributed by atoms with van der Waals surface area (Å²) in [4.78, 5) is 23.1. The van der Waals surface area contributed by atoms with E-state index in [0.29, 0.717) is 11.8 Å². The van der Waals surface area contributed by atoms with E-state index in [9.17, 15) is 5.26 Å². The van der Waals surface area contributed by atoms with Crippen molar-refractivity contribution in [2.75, 3.05) is 50.2 Å². The van der Waals surface area contributed by atoms with Gasteiger partial charge in [-0.05, 0) is 31.0 Å². The van der Waals surface area contributed by atoms with Crippen LogP contribution in [0.5, 0.6) is 11.6 Å². The van der Waals surface area contributed by atoms with E-state index < -0.39 is 0 Å². The molecular weight excluding hydrogens is 406 g/mol. The van der Waals surface area contributed by atoms with Gasteiger partial charge >= 0.3 is 0 Å². The quantitative estimate of drug-likeness (QED) is 0.603. The van der Waals surface area contributed by atoms with Gasteiger partial charge in [0.15, 0.2) is 5.82 Å². The zero-order chi connectivity index (χ0) is 22.1. The van der Waals surface area contributed by atoms with Crippen LogP contribution in [0.2, 0.25) is 0 Å². The molecule has 0 amide bonds. The third-order valence-corrected chi connectivity index (χ3v) is 6.28. The average Bonchev–Trinajstić information content (AvgIpc) is 2.82. The van der Waals surface area contributed by atoms with Crippen LogP contribution in [0, 0.1) is 17.2 Å². The molecule has 2 fully saturated rings. The molecular formula is C23H25N7O2. The fourth-order valence-electron chi connectivity index (χ4n) is 4.40. The molecule has 0 aliphatic carbocycles. The molecule has 32 heavy (non-hydrogen) atoms. The molecule has 9 heteroatoms. The van der Waals surface area contributed by atoms with E-state index in [4.69, 9.17) is 14.5 Å². The van der Waals surface area contributed by atoms with Crippen LogP contribution < -0.4 is 19.3 Å². The SMILES string of the molecule is COc1ccc2nc(N3CC(c4nccnc4N4CCC(C#N)CC4)C3)nc(OC)c2c1. The van der Waals surface area contributed by atoms with Gasteiger partial charge in [-0.3, -0.25) is 4.98 Å². The highest BCUT2D eigenvalue weighted by molar-refractivity contribution is 5.86. The number of ether oxygens (including phenoxy) is 2. The molecule has 4 heterocycles. The Balaban J connectivity index is 1.35. The van der Waals surface area contributed by atoms with Crippen molar-refractivity contribution in [2.24, 2.45) is 5.92 Å². The van der Waals surface area contributed by atoms with Gasteiger partial charge in [0.2, 0.25) is 11.8 Å². The van der Waals surface area contributed by atoms with Crippen LogP contribution in [-0.4, -0.2) is 60.3 Å². The molecule has 1 aromatic carbocycles. The van der Waals surface area contributed by atoms with E-state index in [1.54, 1.807) is 26.6 Å². The molecule has 2 saturated heterocycles. The standard InChI is InChI=1S/C23H25N7O2/c1-31-17-3-4-19-18(11-17)22(32-2)28-23(27-19)30-13-16(14-30)20-21(26-8-7-25-20)29-9-5-15(12-24)6-10-29/h3-4,7-8,11,15-16H,5-6,9-10,13-14H2,1-2H3. The summed E-state index contributed by atoms with van der Waals surface area (Å²) in [6.07, 6.45) is 5.25. The lowest BCUT2D eigenvalue weighted by Crippen LogP contribution is -2.47. The van der Waals surface area contributed by atoms with Gasteiger partial charge in [0.25, 0.3) is 0 Å². The fraction of sp³-hybridized carbons (Fsp3) is 0.435. The molecule has 0 spiro atoms. The summed E-state index contributed by atoms with van der Waals surface area (Å²) in [7, 11) is 3.25. The monoisotopic (exact) mass is 431 g/mol. The lowest BCUT2D eigenvalue weighted by Gasteiger charge is -2.40. The first-order valence-electron chi connectivity index (χ1n) is 10.8. The van der Waals surface area contributed by atoms with Crippen LogP contribution in [0.15, 0.2) is 30.6 Å². The maximum absolute atomic E-state index is 9.18. The van der Waals surface area contributed by atoms with Gasteiger partial charge in [0, 0.05) is 50.4 Å². The van der Waals surface area contributed by atoms with Crippen molar-refractivity contribution in [1.82, 2.24) is 19.9 Å². The number of nitrogens with zero attached hydrogens (tertiary/aromatic N) is 7. The Kier molecular flexibility index (Phi) is 5.35. The molecule has 0 bridgehead atoms. The minimum Gasteiger partial charge on any atom is -0.497 e. The van der Waals surface area contributed by atoms with Crippen LogP contribution in [-0.2, 0) is 0 Å². The van der Waals surface area contributed by atoms with Gasteiger partial charge in [-0.2, -0.15) is 10.2 Å². The van der Waals surface area contributed by atoms with Crippen LogP contribution in [0.4, 0.5) is 11.8 Å². The number of fused-ring (bicyclic) bond motifs is 1. The molecule has 9 nitrogen and oxygen atoms in total. The second-order valence-electron chi connectivity index (χ2n) is 8.17. The number of nitriles is 1. The lowest BCUT2D eigenvalue weighted by atomic mass is 9.94. The van der Waals surface area contributed by atoms with Gasteiger partial charge < -0.3 is 19.3 Å². The van der Waals surface area contributed by atoms with E-state index in [1.165, 1.54) is 0 Å². The molecule has 164 valence electrons. The molecule has 0 radical (unpaired) electrons. The number of hydrogen-bond acceptors (Lipinski definition) is 9. The Hall–Kier alpha value is -3.67. The first-order chi connectivity index (χ1) is 15.7. The summed E-state index contributed by atoms with van der Waals surface area (Å²) >= 11 is 0. The molecule has 0 unspecified atom stereocenters. The van der Waals surface area contributed by atoms with Crippen molar-refractivity contribution >= 4 is 22.7 Å². The van der Waals surface area contributed by atoms with Crippen molar-refractivity contribution in [3.8, 4) is 17.7 Å². The maximum atomic E-state index is 9.18. The van der Waals surface area contributed by atoms with Crippen LogP contribution in [0.1, 0.15) is 24.5 Å². The number of rotatable bonds is 5. The first kappa shape index (κ1) is 20.2. The van der Waals surface area contributed by atoms with E-state index in [-0.39, 0.29) is 11.8 Å². The van der Waals surface area contributed by atoms with Crippen molar-refractivity contribution in [1.29, 1.82) is 5.26 Å². The molecule has 3 aromatic rings. The molecule has 5 rings (SSSR count). The van der Waals surface area contributed by atoms with Gasteiger partial charge in [-0.1, -0.05) is 0 Å². The summed E-state index contributed by atoms with van der Waals surface area (Å²) in [5, 5.41) is 10.00. The van der Waals surface area contributed by atoms with Crippen LogP contribution in [0.3, 0.4) is 0 Å². The third kappa shape index (κ3) is 3.62. The Morgan fingerprint density at radius 2 is 1.78 bits per heavy atom. The fourth-order valence-corrected chi connectivity index (χ4v) is 4.40. The van der Waals surface area contributed by atoms with Crippen molar-refractivity contribution < 1.29 is 9.47 Å². The van der Waals surface area contributed by atoms with Gasteiger partial charge in [0.1, 0.15) is 5.75 Å². The molecule has 2 aliphatic heterocycles. The summed E-state index contributed by atoms with van der Waals surface area (Å²) < 4.78 is 10.8. The average molecular weight is 432 g/mol. The molecule has 0 N–H and O–H groups in total. The Morgan fingerprint density at radius 1 is 1.00 bits per heavy atom.